The number of terminal acetylenes is 1. The van der Waals surface area contributed by atoms with Gasteiger partial charge in [0.1, 0.15) is 17.3 Å². The molecule has 2 heterocycles. The largest absolute Gasteiger partial charge is 0.389 e. The van der Waals surface area contributed by atoms with Crippen molar-refractivity contribution in [3.63, 3.8) is 0 Å². The molecule has 0 fully saturated rings. The number of aromatic amines is 1. The third-order valence-electron chi connectivity index (χ3n) is 4.94. The lowest BCUT2D eigenvalue weighted by Gasteiger charge is -2.25. The van der Waals surface area contributed by atoms with Gasteiger partial charge in [0.15, 0.2) is 0 Å². The third kappa shape index (κ3) is 6.49. The minimum Gasteiger partial charge on any atom is -0.389 e. The lowest BCUT2D eigenvalue weighted by molar-refractivity contribution is 0.0247. The Balaban J connectivity index is 1.79. The van der Waals surface area contributed by atoms with Gasteiger partial charge in [-0.1, -0.05) is 50.1 Å². The highest BCUT2D eigenvalue weighted by Gasteiger charge is 2.17. The van der Waals surface area contributed by atoms with E-state index < -0.39 is 6.10 Å². The number of H-pyrrole nitrogens is 1. The van der Waals surface area contributed by atoms with E-state index in [0.29, 0.717) is 30.2 Å². The van der Waals surface area contributed by atoms with E-state index in [2.05, 4.69) is 29.7 Å². The van der Waals surface area contributed by atoms with E-state index in [0.717, 1.165) is 28.9 Å². The van der Waals surface area contributed by atoms with Crippen LogP contribution in [0.3, 0.4) is 0 Å². The van der Waals surface area contributed by atoms with Crippen LogP contribution >= 0.6 is 11.3 Å². The molecule has 0 amide bonds. The summed E-state index contributed by atoms with van der Waals surface area (Å²) >= 11 is 1.47. The Labute approximate surface area is 186 Å². The van der Waals surface area contributed by atoms with Gasteiger partial charge in [-0.05, 0) is 24.4 Å². The lowest BCUT2D eigenvalue weighted by Crippen LogP contribution is -2.36. The molecule has 3 rings (SSSR count). The summed E-state index contributed by atoms with van der Waals surface area (Å²) in [6, 6.07) is 9.86. The molecule has 1 aromatic carbocycles. The van der Waals surface area contributed by atoms with Crippen molar-refractivity contribution in [1.82, 2.24) is 14.9 Å². The van der Waals surface area contributed by atoms with Gasteiger partial charge in [-0.2, -0.15) is 0 Å². The van der Waals surface area contributed by atoms with Gasteiger partial charge < -0.3 is 14.8 Å². The Hall–Kier alpha value is -2.50. The predicted octanol–water partition coefficient (Wildman–Crippen LogP) is 3.51. The van der Waals surface area contributed by atoms with Crippen molar-refractivity contribution in [3.05, 3.63) is 51.9 Å². The molecule has 0 radical (unpaired) electrons. The summed E-state index contributed by atoms with van der Waals surface area (Å²) in [5, 5.41) is 12.9. The van der Waals surface area contributed by atoms with Gasteiger partial charge in [-0.3, -0.25) is 9.69 Å². The van der Waals surface area contributed by atoms with Crippen molar-refractivity contribution in [3.8, 4) is 23.5 Å². The average molecular weight is 440 g/mol. The monoisotopic (exact) mass is 439 g/mol. The quantitative estimate of drug-likeness (QED) is 0.353. The van der Waals surface area contributed by atoms with Crippen molar-refractivity contribution < 1.29 is 9.84 Å². The Morgan fingerprint density at radius 3 is 2.81 bits per heavy atom. The van der Waals surface area contributed by atoms with Crippen LogP contribution in [0.25, 0.3) is 21.3 Å². The van der Waals surface area contributed by atoms with Gasteiger partial charge in [0.2, 0.25) is 0 Å². The number of thiophene rings is 1. The number of nitrogens with zero attached hydrogens (tertiary/aromatic N) is 2. The molecular formula is C24H29N3O3S. The zero-order valence-electron chi connectivity index (χ0n) is 18.0. The van der Waals surface area contributed by atoms with Crippen LogP contribution in [0.15, 0.2) is 40.5 Å². The number of rotatable bonds is 11. The van der Waals surface area contributed by atoms with Crippen LogP contribution in [-0.4, -0.2) is 52.4 Å². The third-order valence-corrected chi connectivity index (χ3v) is 5.81. The van der Waals surface area contributed by atoms with E-state index >= 15 is 0 Å². The first-order valence-electron chi connectivity index (χ1n) is 10.4. The Morgan fingerprint density at radius 2 is 2.10 bits per heavy atom. The summed E-state index contributed by atoms with van der Waals surface area (Å²) in [5.41, 5.74) is 1.77. The summed E-state index contributed by atoms with van der Waals surface area (Å²) in [4.78, 5) is 23.4. The summed E-state index contributed by atoms with van der Waals surface area (Å²) in [5.74, 6) is 3.52. The molecule has 0 aliphatic carbocycles. The summed E-state index contributed by atoms with van der Waals surface area (Å²) in [7, 11) is 0. The highest BCUT2D eigenvalue weighted by Crippen LogP contribution is 2.30. The molecule has 0 saturated carbocycles. The van der Waals surface area contributed by atoms with Crippen molar-refractivity contribution in [2.75, 3.05) is 26.3 Å². The summed E-state index contributed by atoms with van der Waals surface area (Å²) in [6.07, 6.45) is 5.50. The zero-order valence-corrected chi connectivity index (χ0v) is 18.8. The average Bonchev–Trinajstić information content (AvgIpc) is 3.17. The first kappa shape index (κ1) is 23.2. The number of aromatic nitrogens is 2. The molecular weight excluding hydrogens is 410 g/mol. The van der Waals surface area contributed by atoms with Crippen LogP contribution in [0.2, 0.25) is 0 Å². The Bertz CT molecular complexity index is 1070. The lowest BCUT2D eigenvalue weighted by atomic mass is 10.1. The topological polar surface area (TPSA) is 78.5 Å². The van der Waals surface area contributed by atoms with E-state index in [1.54, 1.807) is 0 Å². The summed E-state index contributed by atoms with van der Waals surface area (Å²) < 4.78 is 5.26. The van der Waals surface area contributed by atoms with Gasteiger partial charge in [0.05, 0.1) is 24.6 Å². The molecule has 2 aromatic heterocycles. The molecule has 164 valence electrons. The smallest absolute Gasteiger partial charge is 0.260 e. The maximum Gasteiger partial charge on any atom is 0.260 e. The van der Waals surface area contributed by atoms with Crippen LogP contribution in [0.4, 0.5) is 0 Å². The van der Waals surface area contributed by atoms with E-state index in [4.69, 9.17) is 16.1 Å². The number of aliphatic hydroxyl groups excluding tert-OH is 1. The fraction of sp³-hybridized carbons (Fsp3) is 0.417. The number of ether oxygens (including phenoxy) is 1. The SMILES string of the molecule is C#CCOCC(O)CN(CCC(C)C)Cc1nc2scc(-c3ccccc3)c2c(=O)[nH]1. The molecule has 1 atom stereocenters. The maximum absolute atomic E-state index is 12.9. The summed E-state index contributed by atoms with van der Waals surface area (Å²) in [6.45, 7) is 6.32. The molecule has 0 saturated heterocycles. The second kappa shape index (κ2) is 11.2. The van der Waals surface area contributed by atoms with Crippen LogP contribution in [0, 0.1) is 18.3 Å². The van der Waals surface area contributed by atoms with Gasteiger partial charge >= 0.3 is 0 Å². The second-order valence-corrected chi connectivity index (χ2v) is 8.86. The molecule has 31 heavy (non-hydrogen) atoms. The number of hydrogen-bond donors (Lipinski definition) is 2. The van der Waals surface area contributed by atoms with Crippen LogP contribution in [0.1, 0.15) is 26.1 Å². The molecule has 7 heteroatoms. The van der Waals surface area contributed by atoms with E-state index in [1.807, 2.05) is 35.7 Å². The number of fused-ring (bicyclic) bond motifs is 1. The highest BCUT2D eigenvalue weighted by atomic mass is 32.1. The molecule has 0 aliphatic rings. The minimum atomic E-state index is -0.664. The molecule has 6 nitrogen and oxygen atoms in total. The van der Waals surface area contributed by atoms with Crippen molar-refractivity contribution in [1.29, 1.82) is 0 Å². The molecule has 0 bridgehead atoms. The second-order valence-electron chi connectivity index (χ2n) is 8.00. The molecule has 1 unspecified atom stereocenters. The first-order valence-corrected chi connectivity index (χ1v) is 11.3. The van der Waals surface area contributed by atoms with Crippen molar-refractivity contribution in [2.24, 2.45) is 5.92 Å². The normalized spacial score (nSPS) is 12.5. The van der Waals surface area contributed by atoms with Gasteiger partial charge in [-0.25, -0.2) is 4.98 Å². The fourth-order valence-corrected chi connectivity index (χ4v) is 4.36. The van der Waals surface area contributed by atoms with Crippen LogP contribution in [-0.2, 0) is 11.3 Å². The zero-order chi connectivity index (χ0) is 22.2. The Morgan fingerprint density at radius 1 is 1.32 bits per heavy atom. The standard InChI is InChI=1S/C24H29N3O3S/c1-4-12-30-15-19(28)13-27(11-10-17(2)3)14-21-25-23(29)22-20(16-31-24(22)26-21)18-8-6-5-7-9-18/h1,5-9,16-17,19,28H,10-15H2,2-3H3,(H,25,26,29). The number of benzene rings is 1. The van der Waals surface area contributed by atoms with E-state index in [-0.39, 0.29) is 18.8 Å². The van der Waals surface area contributed by atoms with Gasteiger partial charge in [0, 0.05) is 17.5 Å². The molecule has 0 aliphatic heterocycles. The molecule has 3 aromatic rings. The number of nitrogens with one attached hydrogen (secondary N) is 1. The van der Waals surface area contributed by atoms with Crippen molar-refractivity contribution >= 4 is 21.6 Å². The Kier molecular flexibility index (Phi) is 8.38. The highest BCUT2D eigenvalue weighted by molar-refractivity contribution is 7.17. The van der Waals surface area contributed by atoms with Gasteiger partial charge in [-0.15, -0.1) is 17.8 Å². The number of aliphatic hydroxyl groups is 1. The van der Waals surface area contributed by atoms with Gasteiger partial charge in [0.25, 0.3) is 5.56 Å². The number of hydrogen-bond acceptors (Lipinski definition) is 6. The predicted molar refractivity (Wildman–Crippen MR) is 126 cm³/mol. The van der Waals surface area contributed by atoms with E-state index in [9.17, 15) is 9.90 Å². The minimum absolute atomic E-state index is 0.137. The first-order chi connectivity index (χ1) is 15.0. The molecule has 2 N–H and O–H groups in total. The maximum atomic E-state index is 12.9. The molecule has 0 spiro atoms. The van der Waals surface area contributed by atoms with Crippen LogP contribution in [0.5, 0.6) is 0 Å². The van der Waals surface area contributed by atoms with E-state index in [1.165, 1.54) is 11.3 Å². The fourth-order valence-electron chi connectivity index (χ4n) is 3.39. The van der Waals surface area contributed by atoms with Crippen molar-refractivity contribution in [2.45, 2.75) is 32.9 Å². The van der Waals surface area contributed by atoms with Crippen LogP contribution < -0.4 is 5.56 Å².